The van der Waals surface area contributed by atoms with E-state index in [9.17, 15) is 19.2 Å². The van der Waals surface area contributed by atoms with Gasteiger partial charge in [-0.1, -0.05) is 13.3 Å². The maximum Gasteiger partial charge on any atom is 0.341 e. The minimum Gasteiger partial charge on any atom is -0.465 e. The molecule has 1 aliphatic heterocycles. The minimum atomic E-state index is -0.516. The Bertz CT molecular complexity index is 991. The number of methoxy groups -OCH3 is 1. The van der Waals surface area contributed by atoms with Crippen molar-refractivity contribution in [2.24, 2.45) is 0 Å². The zero-order valence-electron chi connectivity index (χ0n) is 16.5. The monoisotopic (exact) mass is 398 g/mol. The van der Waals surface area contributed by atoms with Gasteiger partial charge in [-0.2, -0.15) is 0 Å². The van der Waals surface area contributed by atoms with Crippen molar-refractivity contribution in [3.05, 3.63) is 58.0 Å². The van der Waals surface area contributed by atoms with Crippen LogP contribution in [0, 0.1) is 6.92 Å². The van der Waals surface area contributed by atoms with Gasteiger partial charge in [0.25, 0.3) is 17.7 Å². The predicted octanol–water partition coefficient (Wildman–Crippen LogP) is 2.70. The Morgan fingerprint density at radius 3 is 2.55 bits per heavy atom. The van der Waals surface area contributed by atoms with Crippen molar-refractivity contribution in [3.8, 4) is 0 Å². The van der Waals surface area contributed by atoms with Crippen molar-refractivity contribution in [1.29, 1.82) is 0 Å². The second-order valence-corrected chi connectivity index (χ2v) is 6.73. The Kier molecular flexibility index (Phi) is 5.81. The number of hydrogen-bond donors (Lipinski definition) is 1. The average Bonchev–Trinajstić information content (AvgIpc) is 3.21. The third-order valence-electron chi connectivity index (χ3n) is 4.77. The minimum absolute atomic E-state index is 0.0588. The van der Waals surface area contributed by atoms with Crippen LogP contribution in [0.25, 0.3) is 0 Å². The number of esters is 1. The quantitative estimate of drug-likeness (QED) is 0.568. The van der Waals surface area contributed by atoms with Crippen LogP contribution in [0.5, 0.6) is 0 Å². The van der Waals surface area contributed by atoms with Gasteiger partial charge >= 0.3 is 5.97 Å². The van der Waals surface area contributed by atoms with Gasteiger partial charge in [-0.05, 0) is 37.6 Å². The number of rotatable bonds is 7. The summed E-state index contributed by atoms with van der Waals surface area (Å²) < 4.78 is 10.1. The highest BCUT2D eigenvalue weighted by molar-refractivity contribution is 6.22. The van der Waals surface area contributed by atoms with E-state index in [0.29, 0.717) is 29.2 Å². The molecular formula is C21H22N2O6. The molecule has 0 atom stereocenters. The van der Waals surface area contributed by atoms with E-state index in [-0.39, 0.29) is 29.5 Å². The first-order valence-corrected chi connectivity index (χ1v) is 9.33. The molecular weight excluding hydrogens is 376 g/mol. The summed E-state index contributed by atoms with van der Waals surface area (Å²) in [6, 6.07) is 5.96. The Morgan fingerprint density at radius 2 is 1.86 bits per heavy atom. The SMILES string of the molecule is CCCCN1C(=O)c2ccc(C(=O)NCc3cc(C(=O)OC)c(C)o3)cc2C1=O. The number of carbonyl (C=O) groups is 4. The summed E-state index contributed by atoms with van der Waals surface area (Å²) in [5.74, 6) is -0.847. The molecule has 0 saturated carbocycles. The van der Waals surface area contributed by atoms with Crippen molar-refractivity contribution in [3.63, 3.8) is 0 Å². The molecule has 3 rings (SSSR count). The summed E-state index contributed by atoms with van der Waals surface area (Å²) >= 11 is 0. The Labute approximate surface area is 167 Å². The highest BCUT2D eigenvalue weighted by atomic mass is 16.5. The van der Waals surface area contributed by atoms with Crippen LogP contribution in [0.4, 0.5) is 0 Å². The topological polar surface area (TPSA) is 106 Å². The number of unbranched alkanes of at least 4 members (excludes halogenated alkanes) is 1. The Balaban J connectivity index is 1.71. The number of imide groups is 1. The van der Waals surface area contributed by atoms with Crippen molar-refractivity contribution in [2.45, 2.75) is 33.2 Å². The lowest BCUT2D eigenvalue weighted by Gasteiger charge is -2.12. The molecule has 1 aliphatic rings. The normalized spacial score (nSPS) is 12.9. The maximum atomic E-state index is 12.5. The molecule has 29 heavy (non-hydrogen) atoms. The molecule has 8 nitrogen and oxygen atoms in total. The average molecular weight is 398 g/mol. The fourth-order valence-electron chi connectivity index (χ4n) is 3.16. The van der Waals surface area contributed by atoms with E-state index >= 15 is 0 Å². The third-order valence-corrected chi connectivity index (χ3v) is 4.77. The zero-order valence-corrected chi connectivity index (χ0v) is 16.5. The van der Waals surface area contributed by atoms with Gasteiger partial charge in [0.1, 0.15) is 17.1 Å². The van der Waals surface area contributed by atoms with E-state index in [1.807, 2.05) is 6.92 Å². The number of carbonyl (C=O) groups excluding carboxylic acids is 4. The molecule has 1 aromatic heterocycles. The van der Waals surface area contributed by atoms with Crippen LogP contribution >= 0.6 is 0 Å². The largest absolute Gasteiger partial charge is 0.465 e. The van der Waals surface area contributed by atoms with Crippen molar-refractivity contribution < 1.29 is 28.3 Å². The predicted molar refractivity (Wildman–Crippen MR) is 103 cm³/mol. The molecule has 0 bridgehead atoms. The van der Waals surface area contributed by atoms with E-state index in [1.165, 1.54) is 36.3 Å². The second kappa shape index (κ2) is 8.30. The molecule has 0 fully saturated rings. The van der Waals surface area contributed by atoms with Gasteiger partial charge < -0.3 is 14.5 Å². The zero-order chi connectivity index (χ0) is 21.1. The molecule has 8 heteroatoms. The van der Waals surface area contributed by atoms with Gasteiger partial charge in [-0.25, -0.2) is 4.79 Å². The molecule has 1 aromatic carbocycles. The summed E-state index contributed by atoms with van der Waals surface area (Å²) in [5.41, 5.74) is 1.11. The summed E-state index contributed by atoms with van der Waals surface area (Å²) in [6.07, 6.45) is 1.60. The molecule has 2 aromatic rings. The van der Waals surface area contributed by atoms with Crippen molar-refractivity contribution in [2.75, 3.05) is 13.7 Å². The van der Waals surface area contributed by atoms with Crippen LogP contribution in [0.15, 0.2) is 28.7 Å². The molecule has 1 N–H and O–H groups in total. The number of hydrogen-bond acceptors (Lipinski definition) is 6. The van der Waals surface area contributed by atoms with Crippen LogP contribution in [-0.4, -0.2) is 42.2 Å². The van der Waals surface area contributed by atoms with Crippen LogP contribution in [0.2, 0.25) is 0 Å². The summed E-state index contributed by atoms with van der Waals surface area (Å²) in [4.78, 5) is 50.2. The molecule has 0 spiro atoms. The lowest BCUT2D eigenvalue weighted by molar-refractivity contribution is 0.0596. The molecule has 0 unspecified atom stereocenters. The summed E-state index contributed by atoms with van der Waals surface area (Å²) in [6.45, 7) is 4.04. The maximum absolute atomic E-state index is 12.5. The number of benzene rings is 1. The van der Waals surface area contributed by atoms with Crippen LogP contribution < -0.4 is 5.32 Å². The first-order chi connectivity index (χ1) is 13.9. The number of aryl methyl sites for hydroxylation is 1. The van der Waals surface area contributed by atoms with Gasteiger partial charge in [0.15, 0.2) is 0 Å². The van der Waals surface area contributed by atoms with Crippen molar-refractivity contribution >= 4 is 23.7 Å². The van der Waals surface area contributed by atoms with E-state index < -0.39 is 11.9 Å². The molecule has 3 amide bonds. The summed E-state index contributed by atoms with van der Waals surface area (Å²) in [7, 11) is 1.28. The lowest BCUT2D eigenvalue weighted by Crippen LogP contribution is -2.30. The molecule has 0 saturated heterocycles. The van der Waals surface area contributed by atoms with Gasteiger partial charge in [0.2, 0.25) is 0 Å². The number of nitrogens with one attached hydrogen (secondary N) is 1. The fraction of sp³-hybridized carbons (Fsp3) is 0.333. The highest BCUT2D eigenvalue weighted by Crippen LogP contribution is 2.24. The second-order valence-electron chi connectivity index (χ2n) is 6.73. The van der Waals surface area contributed by atoms with E-state index in [0.717, 1.165) is 12.8 Å². The van der Waals surface area contributed by atoms with Crippen molar-refractivity contribution in [1.82, 2.24) is 10.2 Å². The van der Waals surface area contributed by atoms with Crippen LogP contribution in [-0.2, 0) is 11.3 Å². The van der Waals surface area contributed by atoms with E-state index in [1.54, 1.807) is 6.92 Å². The first kappa shape index (κ1) is 20.3. The number of nitrogens with zero attached hydrogens (tertiary/aromatic N) is 1. The van der Waals surface area contributed by atoms with Crippen LogP contribution in [0.3, 0.4) is 0 Å². The first-order valence-electron chi connectivity index (χ1n) is 9.33. The van der Waals surface area contributed by atoms with Crippen LogP contribution in [0.1, 0.15) is 72.7 Å². The molecule has 2 heterocycles. The number of furan rings is 1. The summed E-state index contributed by atoms with van der Waals surface area (Å²) in [5, 5.41) is 2.68. The fourth-order valence-corrected chi connectivity index (χ4v) is 3.16. The number of fused-ring (bicyclic) bond motifs is 1. The van der Waals surface area contributed by atoms with Gasteiger partial charge in [0, 0.05) is 12.1 Å². The Hall–Kier alpha value is -3.42. The molecule has 152 valence electrons. The van der Waals surface area contributed by atoms with E-state index in [2.05, 4.69) is 10.1 Å². The Morgan fingerprint density at radius 1 is 1.14 bits per heavy atom. The standard InChI is InChI=1S/C21H22N2O6/c1-4-5-8-23-19(25)15-7-6-13(9-17(15)20(23)26)18(24)22-11-14-10-16(12(2)29-14)21(27)28-3/h6-7,9-10H,4-5,8,11H2,1-3H3,(H,22,24). The smallest absolute Gasteiger partial charge is 0.341 e. The number of ether oxygens (including phenoxy) is 1. The lowest BCUT2D eigenvalue weighted by atomic mass is 10.1. The van der Waals surface area contributed by atoms with Gasteiger partial charge in [0.05, 0.1) is 24.8 Å². The molecule has 0 radical (unpaired) electrons. The van der Waals surface area contributed by atoms with E-state index in [4.69, 9.17) is 4.42 Å². The number of amides is 3. The van der Waals surface area contributed by atoms with Gasteiger partial charge in [-0.3, -0.25) is 19.3 Å². The highest BCUT2D eigenvalue weighted by Gasteiger charge is 2.35. The molecule has 0 aliphatic carbocycles. The third kappa shape index (κ3) is 3.91. The van der Waals surface area contributed by atoms with Gasteiger partial charge in [-0.15, -0.1) is 0 Å².